The van der Waals surface area contributed by atoms with Crippen LogP contribution in [0.2, 0.25) is 5.02 Å². The molecule has 1 unspecified atom stereocenters. The van der Waals surface area contributed by atoms with Crippen LogP contribution < -0.4 is 16.0 Å². The van der Waals surface area contributed by atoms with Crippen molar-refractivity contribution in [2.45, 2.75) is 18.3 Å². The van der Waals surface area contributed by atoms with Crippen molar-refractivity contribution in [3.8, 4) is 0 Å². The Labute approximate surface area is 142 Å². The lowest BCUT2D eigenvalue weighted by molar-refractivity contribution is -0.313. The number of carbonyl (C=O) groups excluding carboxylic acids is 1. The number of rotatable bonds is 4. The van der Waals surface area contributed by atoms with Crippen LogP contribution in [-0.2, 0) is 23.1 Å². The summed E-state index contributed by atoms with van der Waals surface area (Å²) in [6.45, 7) is -0.296. The van der Waals surface area contributed by atoms with Gasteiger partial charge in [-0.25, -0.2) is 5.43 Å². The molecule has 2 N–H and O–H groups in total. The Morgan fingerprint density at radius 3 is 2.80 bits per heavy atom. The summed E-state index contributed by atoms with van der Waals surface area (Å²) in [6, 6.07) is 2.95. The van der Waals surface area contributed by atoms with Gasteiger partial charge in [0.2, 0.25) is 0 Å². The fraction of sp³-hybridized carbons (Fsp3) is 0.250. The molecule has 0 aliphatic carbocycles. The molecule has 25 heavy (non-hydrogen) atoms. The smallest absolute Gasteiger partial charge is 0.455 e. The SMILES string of the molecule is O=C([O-])C1(c2ncccc2Cl)C=C(Cn2nnc(C(F)(F)F)n2)NN1. The van der Waals surface area contributed by atoms with Crippen LogP contribution in [0.15, 0.2) is 30.1 Å². The lowest BCUT2D eigenvalue weighted by atomic mass is 9.95. The van der Waals surface area contributed by atoms with Crippen molar-refractivity contribution in [2.24, 2.45) is 0 Å². The van der Waals surface area contributed by atoms with Crippen molar-refractivity contribution >= 4 is 17.6 Å². The number of nitrogens with zero attached hydrogens (tertiary/aromatic N) is 5. The summed E-state index contributed by atoms with van der Waals surface area (Å²) < 4.78 is 37.4. The highest BCUT2D eigenvalue weighted by atomic mass is 35.5. The minimum atomic E-state index is -4.73. The number of alkyl halides is 3. The van der Waals surface area contributed by atoms with Gasteiger partial charge in [0, 0.05) is 11.9 Å². The Hall–Kier alpha value is -2.73. The number of tetrazole rings is 1. The summed E-state index contributed by atoms with van der Waals surface area (Å²) in [5.41, 5.74) is 3.23. The van der Waals surface area contributed by atoms with E-state index in [2.05, 4.69) is 31.2 Å². The Bertz CT molecular complexity index is 853. The van der Waals surface area contributed by atoms with Crippen molar-refractivity contribution in [2.75, 3.05) is 0 Å². The van der Waals surface area contributed by atoms with Crippen LogP contribution in [0.5, 0.6) is 0 Å². The minimum Gasteiger partial charge on any atom is -0.547 e. The quantitative estimate of drug-likeness (QED) is 0.726. The van der Waals surface area contributed by atoms with Gasteiger partial charge in [-0.3, -0.25) is 4.98 Å². The zero-order valence-electron chi connectivity index (χ0n) is 12.1. The van der Waals surface area contributed by atoms with Crippen LogP contribution >= 0.6 is 11.6 Å². The van der Waals surface area contributed by atoms with Crippen molar-refractivity contribution in [1.29, 1.82) is 0 Å². The molecule has 132 valence electrons. The van der Waals surface area contributed by atoms with Gasteiger partial charge in [-0.05, 0) is 23.4 Å². The predicted molar refractivity (Wildman–Crippen MR) is 73.1 cm³/mol. The summed E-state index contributed by atoms with van der Waals surface area (Å²) in [6.07, 6.45) is -2.22. The maximum absolute atomic E-state index is 12.5. The van der Waals surface area contributed by atoms with Gasteiger partial charge in [-0.15, -0.1) is 10.2 Å². The van der Waals surface area contributed by atoms with Gasteiger partial charge >= 0.3 is 6.18 Å². The standard InChI is InChI=1S/C12H9ClF3N7O2/c13-7-2-1-3-17-8(7)11(10(24)25)4-6(18-21-11)5-23-20-9(19-22-23)12(14,15)16/h1-4,18,21H,5H2,(H,24,25)/p-1. The van der Waals surface area contributed by atoms with Gasteiger partial charge in [0.25, 0.3) is 5.82 Å². The topological polar surface area (TPSA) is 121 Å². The van der Waals surface area contributed by atoms with Crippen molar-refractivity contribution in [1.82, 2.24) is 36.0 Å². The molecule has 0 spiro atoms. The molecule has 0 saturated heterocycles. The number of aliphatic carboxylic acids is 1. The van der Waals surface area contributed by atoms with E-state index in [-0.39, 0.29) is 23.0 Å². The van der Waals surface area contributed by atoms with Crippen LogP contribution in [0.3, 0.4) is 0 Å². The second kappa shape index (κ2) is 5.97. The number of carboxylic acids is 1. The van der Waals surface area contributed by atoms with E-state index in [9.17, 15) is 23.1 Å². The van der Waals surface area contributed by atoms with Gasteiger partial charge < -0.3 is 15.3 Å². The molecule has 13 heteroatoms. The molecule has 3 rings (SSSR count). The average Bonchev–Trinajstić information content (AvgIpc) is 3.16. The van der Waals surface area contributed by atoms with E-state index in [1.54, 1.807) is 0 Å². The van der Waals surface area contributed by atoms with E-state index in [0.29, 0.717) is 4.80 Å². The summed E-state index contributed by atoms with van der Waals surface area (Å²) in [5, 5.41) is 21.1. The van der Waals surface area contributed by atoms with E-state index in [1.807, 2.05) is 0 Å². The molecule has 0 amide bonds. The maximum atomic E-state index is 12.5. The predicted octanol–water partition coefficient (Wildman–Crippen LogP) is -0.623. The highest BCUT2D eigenvalue weighted by molar-refractivity contribution is 6.31. The van der Waals surface area contributed by atoms with Gasteiger partial charge in [0.05, 0.1) is 16.7 Å². The highest BCUT2D eigenvalue weighted by Crippen LogP contribution is 2.30. The van der Waals surface area contributed by atoms with E-state index in [0.717, 1.165) is 0 Å². The number of hydrazine groups is 1. The van der Waals surface area contributed by atoms with Crippen molar-refractivity contribution in [3.63, 3.8) is 0 Å². The van der Waals surface area contributed by atoms with Gasteiger partial charge in [0.1, 0.15) is 12.1 Å². The van der Waals surface area contributed by atoms with Crippen LogP contribution in [0.25, 0.3) is 0 Å². The zero-order chi connectivity index (χ0) is 18.2. The highest BCUT2D eigenvalue weighted by Gasteiger charge is 2.40. The molecule has 0 bridgehead atoms. The second-order valence-electron chi connectivity index (χ2n) is 4.99. The fourth-order valence-electron chi connectivity index (χ4n) is 2.18. The van der Waals surface area contributed by atoms with Crippen LogP contribution in [-0.4, -0.2) is 31.2 Å². The Morgan fingerprint density at radius 1 is 1.44 bits per heavy atom. The molecule has 1 atom stereocenters. The number of carbonyl (C=O) groups is 1. The molecule has 2 aromatic rings. The molecule has 9 nitrogen and oxygen atoms in total. The summed E-state index contributed by atoms with van der Waals surface area (Å²) in [5.74, 6) is -2.96. The van der Waals surface area contributed by atoms with E-state index < -0.39 is 23.5 Å². The van der Waals surface area contributed by atoms with Gasteiger partial charge in [0.15, 0.2) is 0 Å². The summed E-state index contributed by atoms with van der Waals surface area (Å²) in [7, 11) is 0. The first-order chi connectivity index (χ1) is 11.7. The fourth-order valence-corrected chi connectivity index (χ4v) is 2.45. The molecule has 0 saturated carbocycles. The average molecular weight is 375 g/mol. The summed E-state index contributed by atoms with van der Waals surface area (Å²) in [4.78, 5) is 16.2. The van der Waals surface area contributed by atoms with Gasteiger partial charge in [-0.2, -0.15) is 18.0 Å². The first-order valence-corrected chi connectivity index (χ1v) is 7.02. The van der Waals surface area contributed by atoms with Crippen LogP contribution in [0.1, 0.15) is 11.5 Å². The Kier molecular flexibility index (Phi) is 4.08. The second-order valence-corrected chi connectivity index (χ2v) is 5.40. The van der Waals surface area contributed by atoms with Crippen LogP contribution in [0.4, 0.5) is 13.2 Å². The minimum absolute atomic E-state index is 0.0401. The Balaban J connectivity index is 1.91. The molecule has 1 aliphatic heterocycles. The van der Waals surface area contributed by atoms with E-state index in [1.165, 1.54) is 24.4 Å². The molecule has 3 heterocycles. The third-order valence-electron chi connectivity index (χ3n) is 3.28. The number of pyridine rings is 1. The molecule has 2 aromatic heterocycles. The monoisotopic (exact) mass is 374 g/mol. The number of halogens is 4. The zero-order valence-corrected chi connectivity index (χ0v) is 12.8. The summed E-state index contributed by atoms with van der Waals surface area (Å²) >= 11 is 5.98. The first-order valence-electron chi connectivity index (χ1n) is 6.65. The van der Waals surface area contributed by atoms with E-state index >= 15 is 0 Å². The maximum Gasteiger partial charge on any atom is 0.455 e. The number of nitrogens with one attached hydrogen (secondary N) is 2. The normalized spacial score (nSPS) is 20.2. The molecule has 0 aromatic carbocycles. The van der Waals surface area contributed by atoms with Crippen LogP contribution in [0, 0.1) is 0 Å². The van der Waals surface area contributed by atoms with Crippen molar-refractivity contribution in [3.05, 3.63) is 46.6 Å². The number of carboxylic acid groups (broad SMARTS) is 1. The van der Waals surface area contributed by atoms with Gasteiger partial charge in [-0.1, -0.05) is 11.6 Å². The first kappa shape index (κ1) is 17.1. The molecular weight excluding hydrogens is 367 g/mol. The molecule has 1 aliphatic rings. The van der Waals surface area contributed by atoms with Crippen molar-refractivity contribution < 1.29 is 23.1 Å². The molecule has 0 radical (unpaired) electrons. The number of hydrogen-bond acceptors (Lipinski definition) is 8. The largest absolute Gasteiger partial charge is 0.547 e. The Morgan fingerprint density at radius 2 is 2.20 bits per heavy atom. The third-order valence-corrected chi connectivity index (χ3v) is 3.59. The lowest BCUT2D eigenvalue weighted by Gasteiger charge is -2.28. The molecular formula is C12H8ClF3N7O2-. The third kappa shape index (κ3) is 3.13. The number of aromatic nitrogens is 5. The number of allylic oxidation sites excluding steroid dienone is 1. The number of hydrogen-bond donors (Lipinski definition) is 2. The molecule has 0 fully saturated rings. The van der Waals surface area contributed by atoms with E-state index in [4.69, 9.17) is 11.6 Å². The lowest BCUT2D eigenvalue weighted by Crippen LogP contribution is -2.55.